The van der Waals surface area contributed by atoms with E-state index in [0.29, 0.717) is 6.61 Å². The molecule has 0 spiro atoms. The maximum atomic E-state index is 11.8. The maximum absolute atomic E-state index is 11.8. The SMILES string of the molecule is CCOP(=O)(NCCO)N(C)C. The molecule has 0 aromatic rings. The topological polar surface area (TPSA) is 61.8 Å². The number of nitrogens with zero attached hydrogens (tertiary/aromatic N) is 1. The fraction of sp³-hybridized carbons (Fsp3) is 1.00. The van der Waals surface area contributed by atoms with E-state index in [4.69, 9.17) is 9.63 Å². The number of rotatable bonds is 6. The van der Waals surface area contributed by atoms with Crippen molar-refractivity contribution in [1.29, 1.82) is 0 Å². The molecule has 0 aliphatic carbocycles. The van der Waals surface area contributed by atoms with Gasteiger partial charge in [-0.2, -0.15) is 0 Å². The first-order valence-corrected chi connectivity index (χ1v) is 5.43. The highest BCUT2D eigenvalue weighted by Crippen LogP contribution is 2.43. The minimum absolute atomic E-state index is 0.0507. The molecule has 0 radical (unpaired) electrons. The normalized spacial score (nSPS) is 16.4. The van der Waals surface area contributed by atoms with E-state index >= 15 is 0 Å². The summed E-state index contributed by atoms with van der Waals surface area (Å²) in [5.74, 6) is 0. The molecule has 0 aromatic carbocycles. The Hall–Kier alpha value is 0.0700. The number of nitrogens with one attached hydrogen (secondary N) is 1. The van der Waals surface area contributed by atoms with Gasteiger partial charge in [0.25, 0.3) is 0 Å². The molecule has 0 rings (SSSR count). The summed E-state index contributed by atoms with van der Waals surface area (Å²) in [5.41, 5.74) is 0. The Kier molecular flexibility index (Phi) is 5.70. The molecule has 6 heteroatoms. The summed E-state index contributed by atoms with van der Waals surface area (Å²) in [6.45, 7) is 2.38. The molecular formula is C6H17N2O3P. The van der Waals surface area contributed by atoms with Gasteiger partial charge in [0.2, 0.25) is 0 Å². The minimum Gasteiger partial charge on any atom is -0.395 e. The molecule has 1 atom stereocenters. The second-order valence-corrected chi connectivity index (χ2v) is 4.83. The molecule has 0 bridgehead atoms. The molecular weight excluding hydrogens is 179 g/mol. The van der Waals surface area contributed by atoms with Gasteiger partial charge in [-0.15, -0.1) is 0 Å². The molecule has 74 valence electrons. The predicted octanol–water partition coefficient (Wildman–Crippen LogP) is 0.275. The molecule has 0 aliphatic rings. The fourth-order valence-electron chi connectivity index (χ4n) is 0.669. The molecule has 0 aromatic heterocycles. The minimum atomic E-state index is -2.88. The number of aliphatic hydroxyl groups excluding tert-OH is 1. The highest BCUT2D eigenvalue weighted by atomic mass is 31.2. The molecule has 1 unspecified atom stereocenters. The summed E-state index contributed by atoms with van der Waals surface area (Å²) in [4.78, 5) is 0. The zero-order chi connectivity index (χ0) is 9.61. The van der Waals surface area contributed by atoms with Crippen molar-refractivity contribution in [2.75, 3.05) is 33.9 Å². The zero-order valence-corrected chi connectivity index (χ0v) is 8.67. The van der Waals surface area contributed by atoms with Gasteiger partial charge in [-0.3, -0.25) is 4.57 Å². The predicted molar refractivity (Wildman–Crippen MR) is 48.0 cm³/mol. The molecule has 2 N–H and O–H groups in total. The van der Waals surface area contributed by atoms with E-state index in [9.17, 15) is 4.57 Å². The van der Waals surface area contributed by atoms with Crippen LogP contribution in [0.1, 0.15) is 6.92 Å². The lowest BCUT2D eigenvalue weighted by atomic mass is 10.8. The number of aliphatic hydroxyl groups is 1. The van der Waals surface area contributed by atoms with E-state index in [-0.39, 0.29) is 13.2 Å². The summed E-state index contributed by atoms with van der Waals surface area (Å²) < 4.78 is 18.3. The molecule has 0 heterocycles. The van der Waals surface area contributed by atoms with Crippen LogP contribution in [0.5, 0.6) is 0 Å². The largest absolute Gasteiger partial charge is 0.395 e. The summed E-state index contributed by atoms with van der Waals surface area (Å²) >= 11 is 0. The van der Waals surface area contributed by atoms with Crippen LogP contribution in [0.2, 0.25) is 0 Å². The standard InChI is InChI=1S/C6H17N2O3P/c1-4-11-12(10,8(2)3)7-5-6-9/h9H,4-6H2,1-3H3,(H,7,10). The van der Waals surface area contributed by atoms with E-state index in [1.807, 2.05) is 0 Å². The first-order valence-electron chi connectivity index (χ1n) is 3.85. The molecule has 0 fully saturated rings. The van der Waals surface area contributed by atoms with Crippen molar-refractivity contribution in [3.8, 4) is 0 Å². The quantitative estimate of drug-likeness (QED) is 0.597. The van der Waals surface area contributed by atoms with Crippen molar-refractivity contribution in [2.45, 2.75) is 6.92 Å². The first kappa shape index (κ1) is 12.1. The van der Waals surface area contributed by atoms with Crippen molar-refractivity contribution in [3.05, 3.63) is 0 Å². The van der Waals surface area contributed by atoms with Crippen LogP contribution in [-0.2, 0) is 9.09 Å². The smallest absolute Gasteiger partial charge is 0.342 e. The average molecular weight is 196 g/mol. The second-order valence-electron chi connectivity index (χ2n) is 2.42. The Bertz CT molecular complexity index is 163. The van der Waals surface area contributed by atoms with Crippen molar-refractivity contribution in [2.24, 2.45) is 0 Å². The Labute approximate surface area is 73.3 Å². The van der Waals surface area contributed by atoms with E-state index in [1.54, 1.807) is 21.0 Å². The highest BCUT2D eigenvalue weighted by molar-refractivity contribution is 7.54. The lowest BCUT2D eigenvalue weighted by Crippen LogP contribution is -2.25. The zero-order valence-electron chi connectivity index (χ0n) is 7.78. The molecule has 0 aliphatic heterocycles. The highest BCUT2D eigenvalue weighted by Gasteiger charge is 2.24. The van der Waals surface area contributed by atoms with E-state index in [2.05, 4.69) is 5.09 Å². The molecule has 0 saturated carbocycles. The van der Waals surface area contributed by atoms with Gasteiger partial charge in [0.1, 0.15) is 0 Å². The summed E-state index contributed by atoms with van der Waals surface area (Å²) in [5, 5.41) is 11.2. The van der Waals surface area contributed by atoms with Crippen LogP contribution in [0.3, 0.4) is 0 Å². The van der Waals surface area contributed by atoms with Crippen LogP contribution >= 0.6 is 7.67 Å². The Balaban J connectivity index is 4.09. The third kappa shape index (κ3) is 3.65. The summed E-state index contributed by atoms with van der Waals surface area (Å²) in [6, 6.07) is 0. The first-order chi connectivity index (χ1) is 5.56. The Morgan fingerprint density at radius 1 is 1.58 bits per heavy atom. The van der Waals surface area contributed by atoms with Gasteiger partial charge in [-0.25, -0.2) is 9.76 Å². The van der Waals surface area contributed by atoms with Crippen LogP contribution in [0.15, 0.2) is 0 Å². The van der Waals surface area contributed by atoms with Gasteiger partial charge in [0, 0.05) is 6.54 Å². The molecule has 12 heavy (non-hydrogen) atoms. The number of hydrogen-bond donors (Lipinski definition) is 2. The van der Waals surface area contributed by atoms with Gasteiger partial charge in [-0.1, -0.05) is 0 Å². The Morgan fingerprint density at radius 2 is 2.17 bits per heavy atom. The lowest BCUT2D eigenvalue weighted by Gasteiger charge is -2.23. The van der Waals surface area contributed by atoms with Crippen molar-refractivity contribution in [3.63, 3.8) is 0 Å². The molecule has 0 amide bonds. The summed E-state index contributed by atoms with van der Waals surface area (Å²) in [7, 11) is 0.450. The van der Waals surface area contributed by atoms with Crippen molar-refractivity contribution < 1.29 is 14.2 Å². The molecule has 5 nitrogen and oxygen atoms in total. The van der Waals surface area contributed by atoms with Gasteiger partial charge >= 0.3 is 7.67 Å². The van der Waals surface area contributed by atoms with E-state index < -0.39 is 7.67 Å². The van der Waals surface area contributed by atoms with Gasteiger partial charge in [0.05, 0.1) is 13.2 Å². The third-order valence-corrected chi connectivity index (χ3v) is 3.54. The van der Waals surface area contributed by atoms with Crippen LogP contribution in [0, 0.1) is 0 Å². The van der Waals surface area contributed by atoms with Crippen molar-refractivity contribution >= 4 is 7.67 Å². The molecule has 0 saturated heterocycles. The van der Waals surface area contributed by atoms with Gasteiger partial charge < -0.3 is 9.63 Å². The third-order valence-electron chi connectivity index (χ3n) is 1.25. The van der Waals surface area contributed by atoms with Gasteiger partial charge in [0.15, 0.2) is 0 Å². The number of hydrogen-bond acceptors (Lipinski definition) is 3. The maximum Gasteiger partial charge on any atom is 0.342 e. The second kappa shape index (κ2) is 5.67. The Morgan fingerprint density at radius 3 is 2.50 bits per heavy atom. The van der Waals surface area contributed by atoms with Crippen LogP contribution < -0.4 is 5.09 Å². The van der Waals surface area contributed by atoms with Crippen LogP contribution in [0.25, 0.3) is 0 Å². The van der Waals surface area contributed by atoms with E-state index in [0.717, 1.165) is 0 Å². The monoisotopic (exact) mass is 196 g/mol. The lowest BCUT2D eigenvalue weighted by molar-refractivity contribution is 0.269. The van der Waals surface area contributed by atoms with Crippen LogP contribution in [0.4, 0.5) is 0 Å². The van der Waals surface area contributed by atoms with Crippen LogP contribution in [-0.4, -0.2) is 43.6 Å². The van der Waals surface area contributed by atoms with Gasteiger partial charge in [-0.05, 0) is 21.0 Å². The van der Waals surface area contributed by atoms with E-state index in [1.165, 1.54) is 4.67 Å². The van der Waals surface area contributed by atoms with Crippen molar-refractivity contribution in [1.82, 2.24) is 9.76 Å². The summed E-state index contributed by atoms with van der Waals surface area (Å²) in [6.07, 6.45) is 0. The average Bonchev–Trinajstić information content (AvgIpc) is 2.01. The fourth-order valence-corrected chi connectivity index (χ4v) is 2.01.